The van der Waals surface area contributed by atoms with Gasteiger partial charge >= 0.3 is 0 Å². The first kappa shape index (κ1) is 13.0. The molecule has 98 valence electrons. The van der Waals surface area contributed by atoms with Crippen LogP contribution >= 0.6 is 0 Å². The van der Waals surface area contributed by atoms with Gasteiger partial charge in [0.25, 0.3) is 5.69 Å². The van der Waals surface area contributed by atoms with E-state index in [1.54, 1.807) is 12.1 Å². The van der Waals surface area contributed by atoms with E-state index in [-0.39, 0.29) is 10.6 Å². The molecular weight excluding hydrogens is 230 g/mol. The Morgan fingerprint density at radius 2 is 1.72 bits per heavy atom. The Hall–Kier alpha value is -1.46. The smallest absolute Gasteiger partial charge is 0.269 e. The molecule has 1 fully saturated rings. The highest BCUT2D eigenvalue weighted by molar-refractivity contribution is 5.34. The van der Waals surface area contributed by atoms with Crippen LogP contribution in [0.2, 0.25) is 0 Å². The van der Waals surface area contributed by atoms with E-state index in [9.17, 15) is 10.1 Å². The van der Waals surface area contributed by atoms with Crippen LogP contribution in [0.3, 0.4) is 0 Å². The van der Waals surface area contributed by atoms with Crippen LogP contribution in [0, 0.1) is 10.1 Å². The van der Waals surface area contributed by atoms with Gasteiger partial charge < -0.3 is 4.90 Å². The predicted molar refractivity (Wildman–Crippen MR) is 70.6 cm³/mol. The van der Waals surface area contributed by atoms with E-state index in [4.69, 9.17) is 0 Å². The molecule has 5 heteroatoms. The first-order chi connectivity index (χ1) is 8.58. The summed E-state index contributed by atoms with van der Waals surface area (Å²) in [6.07, 6.45) is 0. The number of hydrogen-bond donors (Lipinski definition) is 0. The van der Waals surface area contributed by atoms with Crippen molar-refractivity contribution in [1.82, 2.24) is 9.80 Å². The molecule has 18 heavy (non-hydrogen) atoms. The summed E-state index contributed by atoms with van der Waals surface area (Å²) < 4.78 is 0. The lowest BCUT2D eigenvalue weighted by atomic mass is 10.1. The Balaban J connectivity index is 2.04. The Labute approximate surface area is 107 Å². The van der Waals surface area contributed by atoms with E-state index >= 15 is 0 Å². The minimum Gasteiger partial charge on any atom is -0.304 e. The summed E-state index contributed by atoms with van der Waals surface area (Å²) in [7, 11) is 2.13. The molecule has 0 spiro atoms. The van der Waals surface area contributed by atoms with Crippen molar-refractivity contribution < 1.29 is 4.92 Å². The van der Waals surface area contributed by atoms with E-state index in [2.05, 4.69) is 23.8 Å². The minimum atomic E-state index is -0.357. The van der Waals surface area contributed by atoms with Gasteiger partial charge in [0.1, 0.15) is 0 Å². The van der Waals surface area contributed by atoms with Gasteiger partial charge in [0, 0.05) is 44.4 Å². The fourth-order valence-corrected chi connectivity index (χ4v) is 2.29. The molecule has 0 N–H and O–H groups in total. The monoisotopic (exact) mass is 249 g/mol. The van der Waals surface area contributed by atoms with Gasteiger partial charge in [0.2, 0.25) is 0 Å². The highest BCUT2D eigenvalue weighted by Crippen LogP contribution is 2.23. The van der Waals surface area contributed by atoms with Gasteiger partial charge in [-0.05, 0) is 19.5 Å². The third-order valence-corrected chi connectivity index (χ3v) is 3.67. The maximum absolute atomic E-state index is 10.6. The van der Waals surface area contributed by atoms with Gasteiger partial charge in [0.05, 0.1) is 4.92 Å². The number of benzene rings is 1. The number of non-ortho nitro benzene ring substituents is 1. The average Bonchev–Trinajstić information content (AvgIpc) is 2.39. The van der Waals surface area contributed by atoms with E-state index in [0.717, 1.165) is 31.7 Å². The standard InChI is InChI=1S/C13H19N3O2/c1-11(15-9-7-14(2)8-10-15)12-3-5-13(6-4-12)16(17)18/h3-6,11H,7-10H2,1-2H3. The third kappa shape index (κ3) is 2.86. The maximum Gasteiger partial charge on any atom is 0.269 e. The summed E-state index contributed by atoms with van der Waals surface area (Å²) in [5.41, 5.74) is 1.30. The lowest BCUT2D eigenvalue weighted by Crippen LogP contribution is -2.45. The molecular formula is C13H19N3O2. The number of hydrogen-bond acceptors (Lipinski definition) is 4. The Morgan fingerprint density at radius 1 is 1.17 bits per heavy atom. The SMILES string of the molecule is CC(c1ccc([N+](=O)[O-])cc1)N1CCN(C)CC1. The molecule has 1 atom stereocenters. The molecule has 0 radical (unpaired) electrons. The second-order valence-corrected chi connectivity index (χ2v) is 4.86. The van der Waals surface area contributed by atoms with Gasteiger partial charge in [-0.25, -0.2) is 0 Å². The van der Waals surface area contributed by atoms with Crippen LogP contribution in [0.1, 0.15) is 18.5 Å². The quantitative estimate of drug-likeness (QED) is 0.606. The molecule has 1 aromatic carbocycles. The molecule has 1 unspecified atom stereocenters. The minimum absolute atomic E-state index is 0.157. The van der Waals surface area contributed by atoms with E-state index in [0.29, 0.717) is 6.04 Å². The normalized spacial score (nSPS) is 19.7. The van der Waals surface area contributed by atoms with Gasteiger partial charge in [-0.15, -0.1) is 0 Å². The van der Waals surface area contributed by atoms with Crippen LogP contribution in [-0.2, 0) is 0 Å². The van der Waals surface area contributed by atoms with Crippen LogP contribution in [0.15, 0.2) is 24.3 Å². The summed E-state index contributed by atoms with van der Waals surface area (Å²) in [4.78, 5) is 15.0. The highest BCUT2D eigenvalue weighted by atomic mass is 16.6. The highest BCUT2D eigenvalue weighted by Gasteiger charge is 2.20. The van der Waals surface area contributed by atoms with E-state index in [1.165, 1.54) is 0 Å². The molecule has 0 saturated carbocycles. The Bertz CT molecular complexity index is 411. The fraction of sp³-hybridized carbons (Fsp3) is 0.538. The van der Waals surface area contributed by atoms with Gasteiger partial charge in [-0.3, -0.25) is 15.0 Å². The predicted octanol–water partition coefficient (Wildman–Crippen LogP) is 1.90. The van der Waals surface area contributed by atoms with Crippen molar-refractivity contribution in [3.63, 3.8) is 0 Å². The summed E-state index contributed by atoms with van der Waals surface area (Å²) in [6, 6.07) is 7.21. The number of likely N-dealkylation sites (N-methyl/N-ethyl adjacent to an activating group) is 1. The average molecular weight is 249 g/mol. The van der Waals surface area contributed by atoms with Crippen molar-refractivity contribution in [3.8, 4) is 0 Å². The van der Waals surface area contributed by atoms with Crippen molar-refractivity contribution in [1.29, 1.82) is 0 Å². The molecule has 5 nitrogen and oxygen atoms in total. The fourth-order valence-electron chi connectivity index (χ4n) is 2.29. The van der Waals surface area contributed by atoms with Crippen LogP contribution in [0.5, 0.6) is 0 Å². The largest absolute Gasteiger partial charge is 0.304 e. The molecule has 1 heterocycles. The molecule has 0 aromatic heterocycles. The lowest BCUT2D eigenvalue weighted by molar-refractivity contribution is -0.384. The van der Waals surface area contributed by atoms with Crippen molar-refractivity contribution >= 4 is 5.69 Å². The molecule has 0 aliphatic carbocycles. The Kier molecular flexibility index (Phi) is 3.93. The summed E-state index contributed by atoms with van der Waals surface area (Å²) in [5, 5.41) is 10.6. The number of piperazine rings is 1. The van der Waals surface area contributed by atoms with Gasteiger partial charge in [-0.1, -0.05) is 12.1 Å². The van der Waals surface area contributed by atoms with Crippen molar-refractivity contribution in [2.75, 3.05) is 33.2 Å². The number of nitro benzene ring substituents is 1. The summed E-state index contributed by atoms with van der Waals surface area (Å²) in [5.74, 6) is 0. The van der Waals surface area contributed by atoms with Crippen LogP contribution < -0.4 is 0 Å². The zero-order chi connectivity index (χ0) is 13.1. The first-order valence-electron chi connectivity index (χ1n) is 6.25. The van der Waals surface area contributed by atoms with E-state index < -0.39 is 0 Å². The zero-order valence-corrected chi connectivity index (χ0v) is 10.9. The van der Waals surface area contributed by atoms with Gasteiger partial charge in [0.15, 0.2) is 0 Å². The second kappa shape index (κ2) is 5.46. The van der Waals surface area contributed by atoms with Crippen LogP contribution in [0.4, 0.5) is 5.69 Å². The van der Waals surface area contributed by atoms with Gasteiger partial charge in [-0.2, -0.15) is 0 Å². The molecule has 2 rings (SSSR count). The number of nitrogens with zero attached hydrogens (tertiary/aromatic N) is 3. The molecule has 1 aliphatic rings. The summed E-state index contributed by atoms with van der Waals surface area (Å²) in [6.45, 7) is 6.42. The summed E-state index contributed by atoms with van der Waals surface area (Å²) >= 11 is 0. The molecule has 1 aliphatic heterocycles. The Morgan fingerprint density at radius 3 is 2.22 bits per heavy atom. The second-order valence-electron chi connectivity index (χ2n) is 4.86. The van der Waals surface area contributed by atoms with Crippen molar-refractivity contribution in [2.45, 2.75) is 13.0 Å². The molecule has 1 saturated heterocycles. The van der Waals surface area contributed by atoms with Crippen molar-refractivity contribution in [3.05, 3.63) is 39.9 Å². The molecule has 1 aromatic rings. The number of rotatable bonds is 3. The lowest BCUT2D eigenvalue weighted by Gasteiger charge is -2.36. The molecule has 0 amide bonds. The van der Waals surface area contributed by atoms with Crippen molar-refractivity contribution in [2.24, 2.45) is 0 Å². The molecule has 0 bridgehead atoms. The first-order valence-corrected chi connectivity index (χ1v) is 6.25. The maximum atomic E-state index is 10.6. The van der Waals surface area contributed by atoms with Crippen LogP contribution in [-0.4, -0.2) is 47.9 Å². The topological polar surface area (TPSA) is 49.6 Å². The number of nitro groups is 1. The third-order valence-electron chi connectivity index (χ3n) is 3.67. The van der Waals surface area contributed by atoms with Crippen LogP contribution in [0.25, 0.3) is 0 Å². The zero-order valence-electron chi connectivity index (χ0n) is 10.9. The van der Waals surface area contributed by atoms with E-state index in [1.807, 2.05) is 12.1 Å².